The van der Waals surface area contributed by atoms with Gasteiger partial charge in [0.2, 0.25) is 15.9 Å². The van der Waals surface area contributed by atoms with Crippen molar-refractivity contribution in [1.82, 2.24) is 9.21 Å². The van der Waals surface area contributed by atoms with Gasteiger partial charge in [0, 0.05) is 31.8 Å². The molecule has 0 spiro atoms. The number of carbonyl (C=O) groups is 1. The summed E-state index contributed by atoms with van der Waals surface area (Å²) in [5.74, 6) is -0.00500. The molecule has 6 heteroatoms. The van der Waals surface area contributed by atoms with Crippen LogP contribution in [0.1, 0.15) is 20.3 Å². The topological polar surface area (TPSA) is 57.7 Å². The standard InChI is InChI=1S/C20H24N2O3S/c1-3-6-16(2)20(23)21-11-13-22(14-12-21)26(24,25)19-10-9-17-7-4-5-8-18(17)15-19/h4-10,15H,3,11-14H2,1-2H3/b16-6-. The predicted molar refractivity (Wildman–Crippen MR) is 103 cm³/mol. The van der Waals surface area contributed by atoms with Gasteiger partial charge in [0.25, 0.3) is 0 Å². The van der Waals surface area contributed by atoms with Crippen LogP contribution in [0, 0.1) is 0 Å². The molecule has 0 N–H and O–H groups in total. The lowest BCUT2D eigenvalue weighted by molar-refractivity contribution is -0.128. The van der Waals surface area contributed by atoms with Gasteiger partial charge >= 0.3 is 0 Å². The third-order valence-electron chi connectivity index (χ3n) is 4.73. The highest BCUT2D eigenvalue weighted by molar-refractivity contribution is 7.89. The maximum absolute atomic E-state index is 13.0. The maximum atomic E-state index is 13.0. The molecule has 0 atom stereocenters. The molecule has 1 aliphatic heterocycles. The van der Waals surface area contributed by atoms with Crippen LogP contribution in [0.25, 0.3) is 10.8 Å². The summed E-state index contributed by atoms with van der Waals surface area (Å²) in [7, 11) is -3.55. The molecule has 0 aliphatic carbocycles. The van der Waals surface area contributed by atoms with Gasteiger partial charge in [-0.15, -0.1) is 0 Å². The molecule has 2 aromatic rings. The van der Waals surface area contributed by atoms with E-state index >= 15 is 0 Å². The Hall–Kier alpha value is -2.18. The third-order valence-corrected chi connectivity index (χ3v) is 6.63. The summed E-state index contributed by atoms with van der Waals surface area (Å²) in [6.07, 6.45) is 2.72. The minimum atomic E-state index is -3.55. The van der Waals surface area contributed by atoms with Crippen LogP contribution < -0.4 is 0 Å². The highest BCUT2D eigenvalue weighted by Crippen LogP contribution is 2.23. The number of carbonyl (C=O) groups excluding carboxylic acids is 1. The van der Waals surface area contributed by atoms with Crippen molar-refractivity contribution in [1.29, 1.82) is 0 Å². The summed E-state index contributed by atoms with van der Waals surface area (Å²) in [5.41, 5.74) is 0.721. The van der Waals surface area contributed by atoms with Gasteiger partial charge in [0.15, 0.2) is 0 Å². The lowest BCUT2D eigenvalue weighted by Gasteiger charge is -2.34. The van der Waals surface area contributed by atoms with Crippen molar-refractivity contribution in [3.05, 3.63) is 54.1 Å². The van der Waals surface area contributed by atoms with Crippen LogP contribution in [0.5, 0.6) is 0 Å². The summed E-state index contributed by atoms with van der Waals surface area (Å²) in [4.78, 5) is 14.4. The number of sulfonamides is 1. The Labute approximate surface area is 155 Å². The van der Waals surface area contributed by atoms with Crippen LogP contribution >= 0.6 is 0 Å². The number of allylic oxidation sites excluding steroid dienone is 1. The summed E-state index contributed by atoms with van der Waals surface area (Å²) in [6.45, 7) is 5.27. The van der Waals surface area contributed by atoms with Crippen molar-refractivity contribution in [2.24, 2.45) is 0 Å². The molecular weight excluding hydrogens is 348 g/mol. The Morgan fingerprint density at radius 3 is 2.35 bits per heavy atom. The lowest BCUT2D eigenvalue weighted by atomic mass is 10.1. The van der Waals surface area contributed by atoms with E-state index in [1.807, 2.05) is 50.3 Å². The highest BCUT2D eigenvalue weighted by atomic mass is 32.2. The highest BCUT2D eigenvalue weighted by Gasteiger charge is 2.30. The van der Waals surface area contributed by atoms with Gasteiger partial charge in [-0.05, 0) is 36.2 Å². The van der Waals surface area contributed by atoms with Crippen molar-refractivity contribution < 1.29 is 13.2 Å². The van der Waals surface area contributed by atoms with E-state index in [0.717, 1.165) is 22.8 Å². The maximum Gasteiger partial charge on any atom is 0.249 e. The van der Waals surface area contributed by atoms with E-state index in [0.29, 0.717) is 31.1 Å². The van der Waals surface area contributed by atoms with Gasteiger partial charge < -0.3 is 4.90 Å². The second-order valence-electron chi connectivity index (χ2n) is 6.50. The monoisotopic (exact) mass is 372 g/mol. The van der Waals surface area contributed by atoms with Crippen molar-refractivity contribution in [3.8, 4) is 0 Å². The van der Waals surface area contributed by atoms with Gasteiger partial charge in [-0.1, -0.05) is 43.3 Å². The Balaban J connectivity index is 1.75. The second-order valence-corrected chi connectivity index (χ2v) is 8.44. The molecule has 0 unspecified atom stereocenters. The number of benzene rings is 2. The van der Waals surface area contributed by atoms with Crippen LogP contribution in [0.3, 0.4) is 0 Å². The van der Waals surface area contributed by atoms with Crippen LogP contribution in [-0.4, -0.2) is 49.7 Å². The normalized spacial score (nSPS) is 16.8. The number of fused-ring (bicyclic) bond motifs is 1. The van der Waals surface area contributed by atoms with Gasteiger partial charge in [-0.2, -0.15) is 4.31 Å². The van der Waals surface area contributed by atoms with E-state index in [1.165, 1.54) is 4.31 Å². The van der Waals surface area contributed by atoms with E-state index < -0.39 is 10.0 Å². The molecule has 0 aromatic heterocycles. The molecule has 138 valence electrons. The Bertz CT molecular complexity index is 942. The molecule has 26 heavy (non-hydrogen) atoms. The molecule has 1 amide bonds. The molecule has 0 saturated carbocycles. The first-order valence-corrected chi connectivity index (χ1v) is 10.3. The molecule has 1 aliphatic rings. The van der Waals surface area contributed by atoms with E-state index in [4.69, 9.17) is 0 Å². The number of amides is 1. The number of piperazine rings is 1. The number of rotatable bonds is 4. The Morgan fingerprint density at radius 2 is 1.69 bits per heavy atom. The van der Waals surface area contributed by atoms with Crippen LogP contribution in [0.4, 0.5) is 0 Å². The zero-order valence-corrected chi connectivity index (χ0v) is 16.0. The van der Waals surface area contributed by atoms with Crippen molar-refractivity contribution in [2.75, 3.05) is 26.2 Å². The van der Waals surface area contributed by atoms with Crippen molar-refractivity contribution in [3.63, 3.8) is 0 Å². The zero-order valence-electron chi connectivity index (χ0n) is 15.2. The molecule has 3 rings (SSSR count). The average molecular weight is 372 g/mol. The molecule has 0 radical (unpaired) electrons. The summed E-state index contributed by atoms with van der Waals surface area (Å²) in [5, 5.41) is 1.92. The summed E-state index contributed by atoms with van der Waals surface area (Å²) >= 11 is 0. The first-order valence-electron chi connectivity index (χ1n) is 8.88. The van der Waals surface area contributed by atoms with E-state index in [9.17, 15) is 13.2 Å². The first-order chi connectivity index (χ1) is 12.4. The number of hydrogen-bond acceptors (Lipinski definition) is 3. The fourth-order valence-corrected chi connectivity index (χ4v) is 4.71. The van der Waals surface area contributed by atoms with Crippen LogP contribution in [-0.2, 0) is 14.8 Å². The Morgan fingerprint density at radius 1 is 1.04 bits per heavy atom. The molecule has 1 heterocycles. The second kappa shape index (κ2) is 7.60. The minimum absolute atomic E-state index is 0.00500. The summed E-state index contributed by atoms with van der Waals surface area (Å²) in [6, 6.07) is 12.9. The Kier molecular flexibility index (Phi) is 5.44. The first kappa shape index (κ1) is 18.6. The van der Waals surface area contributed by atoms with Gasteiger partial charge in [0.1, 0.15) is 0 Å². The molecular formula is C20H24N2O3S. The molecule has 1 fully saturated rings. The van der Waals surface area contributed by atoms with Crippen LogP contribution in [0.15, 0.2) is 59.0 Å². The van der Waals surface area contributed by atoms with Crippen molar-refractivity contribution >= 4 is 26.7 Å². The predicted octanol–water partition coefficient (Wildman–Crippen LogP) is 3.03. The fraction of sp³-hybridized carbons (Fsp3) is 0.350. The SMILES string of the molecule is CC/C=C(/C)C(=O)N1CCN(S(=O)(=O)c2ccc3ccccc3c2)CC1. The molecule has 2 aromatic carbocycles. The van der Waals surface area contributed by atoms with E-state index in [-0.39, 0.29) is 5.91 Å². The van der Waals surface area contributed by atoms with Crippen LogP contribution in [0.2, 0.25) is 0 Å². The fourth-order valence-electron chi connectivity index (χ4n) is 3.25. The molecule has 5 nitrogen and oxygen atoms in total. The quantitative estimate of drug-likeness (QED) is 0.775. The molecule has 1 saturated heterocycles. The average Bonchev–Trinajstić information content (AvgIpc) is 2.67. The minimum Gasteiger partial charge on any atom is -0.336 e. The van der Waals surface area contributed by atoms with Gasteiger partial charge in [-0.25, -0.2) is 8.42 Å². The van der Waals surface area contributed by atoms with E-state index in [2.05, 4.69) is 0 Å². The molecule has 0 bridgehead atoms. The van der Waals surface area contributed by atoms with Gasteiger partial charge in [0.05, 0.1) is 4.90 Å². The zero-order chi connectivity index (χ0) is 18.7. The largest absolute Gasteiger partial charge is 0.336 e. The van der Waals surface area contributed by atoms with Gasteiger partial charge in [-0.3, -0.25) is 4.79 Å². The summed E-state index contributed by atoms with van der Waals surface area (Å²) < 4.78 is 27.4. The number of nitrogens with zero attached hydrogens (tertiary/aromatic N) is 2. The van der Waals surface area contributed by atoms with E-state index in [1.54, 1.807) is 17.0 Å². The smallest absolute Gasteiger partial charge is 0.249 e. The number of hydrogen-bond donors (Lipinski definition) is 0. The lowest BCUT2D eigenvalue weighted by Crippen LogP contribution is -2.50. The van der Waals surface area contributed by atoms with Crippen molar-refractivity contribution in [2.45, 2.75) is 25.2 Å². The third kappa shape index (κ3) is 3.66.